The number of pyridine rings is 1. The van der Waals surface area contributed by atoms with Crippen LogP contribution in [0.1, 0.15) is 27.9 Å². The van der Waals surface area contributed by atoms with E-state index < -0.39 is 0 Å². The maximum atomic E-state index is 12.2. The van der Waals surface area contributed by atoms with E-state index in [1.54, 1.807) is 13.3 Å². The molecule has 0 aliphatic carbocycles. The first-order valence-corrected chi connectivity index (χ1v) is 7.67. The fourth-order valence-electron chi connectivity index (χ4n) is 2.09. The number of hydrogen-bond donors (Lipinski definition) is 2. The molecular formula is C18H23N3O2. The number of amides is 1. The van der Waals surface area contributed by atoms with Crippen LogP contribution in [0.5, 0.6) is 0 Å². The van der Waals surface area contributed by atoms with Gasteiger partial charge in [-0.15, -0.1) is 0 Å². The molecule has 0 aliphatic heterocycles. The van der Waals surface area contributed by atoms with Crippen LogP contribution in [0.2, 0.25) is 0 Å². The van der Waals surface area contributed by atoms with Crippen molar-refractivity contribution in [3.63, 3.8) is 0 Å². The van der Waals surface area contributed by atoms with Crippen molar-refractivity contribution < 1.29 is 9.53 Å². The summed E-state index contributed by atoms with van der Waals surface area (Å²) < 4.78 is 4.99. The Kier molecular flexibility index (Phi) is 6.11. The Morgan fingerprint density at radius 1 is 1.17 bits per heavy atom. The average molecular weight is 313 g/mol. The Bertz CT molecular complexity index is 654. The van der Waals surface area contributed by atoms with Crippen LogP contribution < -0.4 is 10.6 Å². The highest BCUT2D eigenvalue weighted by Crippen LogP contribution is 2.14. The van der Waals surface area contributed by atoms with E-state index in [9.17, 15) is 4.79 Å². The smallest absolute Gasteiger partial charge is 0.255 e. The number of methoxy groups -OCH3 is 1. The van der Waals surface area contributed by atoms with E-state index in [0.717, 1.165) is 31.0 Å². The van der Waals surface area contributed by atoms with Gasteiger partial charge in [0.05, 0.1) is 11.9 Å². The highest BCUT2D eigenvalue weighted by molar-refractivity contribution is 6.04. The summed E-state index contributed by atoms with van der Waals surface area (Å²) in [6.45, 7) is 5.54. The fraction of sp³-hybridized carbons (Fsp3) is 0.333. The standard InChI is InChI=1S/C18H23N3O2/c1-13-5-6-15(11-14(13)2)18(22)21-16-7-8-17(20-12-16)19-9-4-10-23-3/h5-8,11-12H,4,9-10H2,1-3H3,(H,19,20)(H,21,22). The van der Waals surface area contributed by atoms with Crippen LogP contribution in [0.3, 0.4) is 0 Å². The second kappa shape index (κ2) is 8.29. The lowest BCUT2D eigenvalue weighted by Gasteiger charge is -2.09. The number of aryl methyl sites for hydroxylation is 2. The van der Waals surface area contributed by atoms with Gasteiger partial charge in [-0.1, -0.05) is 6.07 Å². The monoisotopic (exact) mass is 313 g/mol. The minimum atomic E-state index is -0.129. The first kappa shape index (κ1) is 17.0. The molecule has 0 bridgehead atoms. The van der Waals surface area contributed by atoms with Gasteiger partial charge in [0, 0.05) is 25.8 Å². The van der Waals surface area contributed by atoms with Crippen LogP contribution in [0, 0.1) is 13.8 Å². The minimum Gasteiger partial charge on any atom is -0.385 e. The number of rotatable bonds is 7. The number of anilines is 2. The molecule has 0 atom stereocenters. The van der Waals surface area contributed by atoms with Crippen molar-refractivity contribution in [2.24, 2.45) is 0 Å². The molecule has 1 heterocycles. The molecule has 2 N–H and O–H groups in total. The van der Waals surface area contributed by atoms with Crippen molar-refractivity contribution in [1.29, 1.82) is 0 Å². The number of hydrogen-bond acceptors (Lipinski definition) is 4. The molecule has 2 aromatic rings. The topological polar surface area (TPSA) is 63.2 Å². The zero-order valence-corrected chi connectivity index (χ0v) is 13.8. The van der Waals surface area contributed by atoms with E-state index in [2.05, 4.69) is 15.6 Å². The average Bonchev–Trinajstić information content (AvgIpc) is 2.55. The van der Waals surface area contributed by atoms with E-state index in [0.29, 0.717) is 11.3 Å². The van der Waals surface area contributed by atoms with Gasteiger partial charge < -0.3 is 15.4 Å². The van der Waals surface area contributed by atoms with Crippen molar-refractivity contribution in [2.45, 2.75) is 20.3 Å². The molecule has 23 heavy (non-hydrogen) atoms. The molecule has 0 saturated heterocycles. The van der Waals surface area contributed by atoms with Gasteiger partial charge >= 0.3 is 0 Å². The lowest BCUT2D eigenvalue weighted by Crippen LogP contribution is -2.12. The maximum absolute atomic E-state index is 12.2. The van der Waals surface area contributed by atoms with Crippen molar-refractivity contribution in [1.82, 2.24) is 4.98 Å². The van der Waals surface area contributed by atoms with Gasteiger partial charge in [-0.3, -0.25) is 4.79 Å². The van der Waals surface area contributed by atoms with Gasteiger partial charge in [-0.05, 0) is 55.7 Å². The Morgan fingerprint density at radius 3 is 2.65 bits per heavy atom. The minimum absolute atomic E-state index is 0.129. The molecule has 1 amide bonds. The Labute approximate surface area is 137 Å². The molecule has 0 saturated carbocycles. The van der Waals surface area contributed by atoms with Gasteiger partial charge in [0.25, 0.3) is 5.91 Å². The predicted molar refractivity (Wildman–Crippen MR) is 93.1 cm³/mol. The number of carbonyl (C=O) groups is 1. The molecule has 5 heteroatoms. The van der Waals surface area contributed by atoms with Crippen LogP contribution in [-0.4, -0.2) is 31.2 Å². The first-order chi connectivity index (χ1) is 11.1. The van der Waals surface area contributed by atoms with Crippen LogP contribution >= 0.6 is 0 Å². The van der Waals surface area contributed by atoms with E-state index in [4.69, 9.17) is 4.74 Å². The third-order valence-corrected chi connectivity index (χ3v) is 3.62. The summed E-state index contributed by atoms with van der Waals surface area (Å²) in [7, 11) is 1.69. The van der Waals surface area contributed by atoms with Gasteiger partial charge in [0.1, 0.15) is 5.82 Å². The Hall–Kier alpha value is -2.40. The highest BCUT2D eigenvalue weighted by atomic mass is 16.5. The number of aromatic nitrogens is 1. The molecule has 0 spiro atoms. The lowest BCUT2D eigenvalue weighted by molar-refractivity contribution is 0.102. The molecule has 1 aromatic heterocycles. The number of nitrogens with zero attached hydrogens (tertiary/aromatic N) is 1. The first-order valence-electron chi connectivity index (χ1n) is 7.67. The van der Waals surface area contributed by atoms with Crippen molar-refractivity contribution >= 4 is 17.4 Å². The van der Waals surface area contributed by atoms with Crippen molar-refractivity contribution in [3.8, 4) is 0 Å². The number of ether oxygens (including phenoxy) is 1. The molecule has 1 aromatic carbocycles. The summed E-state index contributed by atoms with van der Waals surface area (Å²) >= 11 is 0. The lowest BCUT2D eigenvalue weighted by atomic mass is 10.1. The summed E-state index contributed by atoms with van der Waals surface area (Å²) in [5.41, 5.74) is 3.60. The van der Waals surface area contributed by atoms with Crippen LogP contribution in [0.25, 0.3) is 0 Å². The second-order valence-electron chi connectivity index (χ2n) is 5.46. The zero-order valence-electron chi connectivity index (χ0n) is 13.8. The van der Waals surface area contributed by atoms with Gasteiger partial charge in [-0.25, -0.2) is 4.98 Å². The fourth-order valence-corrected chi connectivity index (χ4v) is 2.09. The van der Waals surface area contributed by atoms with Crippen LogP contribution in [0.4, 0.5) is 11.5 Å². The van der Waals surface area contributed by atoms with E-state index >= 15 is 0 Å². The van der Waals surface area contributed by atoms with Gasteiger partial charge in [0.15, 0.2) is 0 Å². The summed E-state index contributed by atoms with van der Waals surface area (Å²) in [6, 6.07) is 9.36. The highest BCUT2D eigenvalue weighted by Gasteiger charge is 2.07. The van der Waals surface area contributed by atoms with E-state index in [-0.39, 0.29) is 5.91 Å². The van der Waals surface area contributed by atoms with Crippen LogP contribution in [0.15, 0.2) is 36.5 Å². The van der Waals surface area contributed by atoms with Gasteiger partial charge in [0.2, 0.25) is 0 Å². The van der Waals surface area contributed by atoms with Gasteiger partial charge in [-0.2, -0.15) is 0 Å². The normalized spacial score (nSPS) is 10.4. The van der Waals surface area contributed by atoms with Crippen molar-refractivity contribution in [2.75, 3.05) is 30.9 Å². The summed E-state index contributed by atoms with van der Waals surface area (Å²) in [6.07, 6.45) is 2.57. The SMILES string of the molecule is COCCCNc1ccc(NC(=O)c2ccc(C)c(C)c2)cn1. The molecular weight excluding hydrogens is 290 g/mol. The molecule has 0 radical (unpaired) electrons. The second-order valence-corrected chi connectivity index (χ2v) is 5.46. The number of benzene rings is 1. The maximum Gasteiger partial charge on any atom is 0.255 e. The zero-order chi connectivity index (χ0) is 16.7. The molecule has 122 valence electrons. The molecule has 5 nitrogen and oxygen atoms in total. The largest absolute Gasteiger partial charge is 0.385 e. The van der Waals surface area contributed by atoms with E-state index in [1.807, 2.05) is 44.2 Å². The number of carbonyl (C=O) groups excluding carboxylic acids is 1. The Balaban J connectivity index is 1.92. The quantitative estimate of drug-likeness (QED) is 0.769. The Morgan fingerprint density at radius 2 is 2.00 bits per heavy atom. The molecule has 0 aliphatic rings. The summed E-state index contributed by atoms with van der Waals surface area (Å²) in [5.74, 6) is 0.654. The molecule has 0 unspecified atom stereocenters. The molecule has 0 fully saturated rings. The summed E-state index contributed by atoms with van der Waals surface area (Å²) in [4.78, 5) is 16.5. The third kappa shape index (κ3) is 5.07. The van der Waals surface area contributed by atoms with Crippen molar-refractivity contribution in [3.05, 3.63) is 53.2 Å². The molecule has 2 rings (SSSR count). The van der Waals surface area contributed by atoms with E-state index in [1.165, 1.54) is 5.56 Å². The van der Waals surface area contributed by atoms with Crippen LogP contribution in [-0.2, 0) is 4.74 Å². The predicted octanol–water partition coefficient (Wildman–Crippen LogP) is 3.40. The number of nitrogens with one attached hydrogen (secondary N) is 2. The third-order valence-electron chi connectivity index (χ3n) is 3.62. The summed E-state index contributed by atoms with van der Waals surface area (Å²) in [5, 5.41) is 6.06.